The number of ether oxygens (including phenoxy) is 2. The van der Waals surface area contributed by atoms with Crippen LogP contribution in [0.4, 0.5) is 0 Å². The molecule has 7 nitrogen and oxygen atoms in total. The number of carbonyl (C=O) groups is 1. The third-order valence-electron chi connectivity index (χ3n) is 4.48. The van der Waals surface area contributed by atoms with Crippen molar-refractivity contribution in [3.05, 3.63) is 40.7 Å². The number of hydrogen-bond donors (Lipinski definition) is 0. The molecular weight excluding hydrogens is 412 g/mol. The first kappa shape index (κ1) is 18.5. The van der Waals surface area contributed by atoms with Gasteiger partial charge in [-0.15, -0.1) is 11.3 Å². The summed E-state index contributed by atoms with van der Waals surface area (Å²) in [6.07, 6.45) is -0.723. The molecule has 27 heavy (non-hydrogen) atoms. The molecule has 0 spiro atoms. The van der Waals surface area contributed by atoms with E-state index >= 15 is 0 Å². The van der Waals surface area contributed by atoms with Gasteiger partial charge in [0, 0.05) is 26.2 Å². The summed E-state index contributed by atoms with van der Waals surface area (Å²) in [6.45, 7) is 1.21. The van der Waals surface area contributed by atoms with Crippen LogP contribution in [0.1, 0.15) is 0 Å². The van der Waals surface area contributed by atoms with E-state index in [9.17, 15) is 13.2 Å². The van der Waals surface area contributed by atoms with Gasteiger partial charge in [-0.1, -0.05) is 23.7 Å². The number of para-hydroxylation sites is 2. The number of nitrogens with zero attached hydrogens (tertiary/aromatic N) is 2. The molecule has 10 heteroatoms. The van der Waals surface area contributed by atoms with E-state index in [1.165, 1.54) is 10.4 Å². The highest BCUT2D eigenvalue weighted by Crippen LogP contribution is 2.32. The number of thiophene rings is 1. The third-order valence-corrected chi connectivity index (χ3v) is 8.07. The van der Waals surface area contributed by atoms with Gasteiger partial charge < -0.3 is 14.4 Å². The van der Waals surface area contributed by atoms with E-state index in [0.29, 0.717) is 28.9 Å². The standard InChI is InChI=1S/C17H17ClN2O5S2/c18-15-5-6-16(26-15)27(22,23)20-9-7-19(8-10-20)17(21)14-11-24-12-3-1-2-4-13(12)25-14/h1-6,14H,7-11H2/t14-/m1/s1. The first-order valence-corrected chi connectivity index (χ1v) is 11.0. The van der Waals surface area contributed by atoms with Crippen molar-refractivity contribution in [2.24, 2.45) is 0 Å². The van der Waals surface area contributed by atoms with Gasteiger partial charge in [0.1, 0.15) is 10.8 Å². The predicted molar refractivity (Wildman–Crippen MR) is 101 cm³/mol. The van der Waals surface area contributed by atoms with E-state index in [0.717, 1.165) is 11.3 Å². The van der Waals surface area contributed by atoms with Crippen LogP contribution in [-0.4, -0.2) is 62.4 Å². The molecule has 0 radical (unpaired) electrons. The number of halogens is 1. The van der Waals surface area contributed by atoms with Crippen molar-refractivity contribution in [1.29, 1.82) is 0 Å². The van der Waals surface area contributed by atoms with Gasteiger partial charge in [0.25, 0.3) is 15.9 Å². The molecule has 0 N–H and O–H groups in total. The lowest BCUT2D eigenvalue weighted by Crippen LogP contribution is -2.54. The Morgan fingerprint density at radius 2 is 1.78 bits per heavy atom. The number of sulfonamides is 1. The lowest BCUT2D eigenvalue weighted by Gasteiger charge is -2.36. The van der Waals surface area contributed by atoms with Gasteiger partial charge in [-0.2, -0.15) is 4.31 Å². The van der Waals surface area contributed by atoms with Gasteiger partial charge in [-0.3, -0.25) is 4.79 Å². The average molecular weight is 429 g/mol. The van der Waals surface area contributed by atoms with Gasteiger partial charge in [0.2, 0.25) is 6.10 Å². The van der Waals surface area contributed by atoms with Gasteiger partial charge >= 0.3 is 0 Å². The molecule has 4 rings (SSSR count). The molecule has 1 aromatic carbocycles. The molecule has 2 aliphatic heterocycles. The molecule has 3 heterocycles. The number of amides is 1. The van der Waals surface area contributed by atoms with Crippen LogP contribution in [0.15, 0.2) is 40.6 Å². The van der Waals surface area contributed by atoms with Gasteiger partial charge in [0.05, 0.1) is 4.34 Å². The quantitative estimate of drug-likeness (QED) is 0.748. The van der Waals surface area contributed by atoms with Crippen molar-refractivity contribution in [3.63, 3.8) is 0 Å². The van der Waals surface area contributed by atoms with Crippen molar-refractivity contribution in [3.8, 4) is 11.5 Å². The van der Waals surface area contributed by atoms with Gasteiger partial charge in [0.15, 0.2) is 11.5 Å². The molecular formula is C17H17ClN2O5S2. The van der Waals surface area contributed by atoms with Crippen LogP contribution in [0.25, 0.3) is 0 Å². The summed E-state index contributed by atoms with van der Waals surface area (Å²) in [5, 5.41) is 0. The Balaban J connectivity index is 1.39. The summed E-state index contributed by atoms with van der Waals surface area (Å²) in [6, 6.07) is 10.3. The molecule has 0 bridgehead atoms. The fraction of sp³-hybridized carbons (Fsp3) is 0.353. The Bertz CT molecular complexity index is 954. The predicted octanol–water partition coefficient (Wildman–Crippen LogP) is 2.07. The molecule has 1 aromatic heterocycles. The maximum Gasteiger partial charge on any atom is 0.267 e. The van der Waals surface area contributed by atoms with Gasteiger partial charge in [-0.05, 0) is 24.3 Å². The Morgan fingerprint density at radius 1 is 1.07 bits per heavy atom. The van der Waals surface area contributed by atoms with E-state index in [2.05, 4.69) is 0 Å². The smallest absolute Gasteiger partial charge is 0.267 e. The zero-order valence-corrected chi connectivity index (χ0v) is 16.6. The van der Waals surface area contributed by atoms with Crippen LogP contribution in [0.3, 0.4) is 0 Å². The Labute approximate surface area is 166 Å². The van der Waals surface area contributed by atoms with Crippen molar-refractivity contribution in [1.82, 2.24) is 9.21 Å². The number of piperazine rings is 1. The summed E-state index contributed by atoms with van der Waals surface area (Å²) in [4.78, 5) is 14.4. The summed E-state index contributed by atoms with van der Waals surface area (Å²) in [7, 11) is -3.58. The van der Waals surface area contributed by atoms with Crippen LogP contribution in [0.5, 0.6) is 11.5 Å². The summed E-state index contributed by atoms with van der Waals surface area (Å²) < 4.78 is 38.7. The van der Waals surface area contributed by atoms with Crippen LogP contribution in [0, 0.1) is 0 Å². The normalized spacial score (nSPS) is 20.5. The molecule has 0 saturated carbocycles. The molecule has 0 unspecified atom stereocenters. The minimum Gasteiger partial charge on any atom is -0.485 e. The van der Waals surface area contributed by atoms with E-state index in [-0.39, 0.29) is 29.8 Å². The lowest BCUT2D eigenvalue weighted by molar-refractivity contribution is -0.142. The van der Waals surface area contributed by atoms with Crippen LogP contribution in [-0.2, 0) is 14.8 Å². The van der Waals surface area contributed by atoms with E-state index in [1.807, 2.05) is 12.1 Å². The SMILES string of the molecule is O=C([C@H]1COc2ccccc2O1)N1CCN(S(=O)(=O)c2ccc(Cl)s2)CC1. The maximum atomic E-state index is 12.7. The number of carbonyl (C=O) groups excluding carboxylic acids is 1. The van der Waals surface area contributed by atoms with Crippen molar-refractivity contribution >= 4 is 38.9 Å². The molecule has 1 saturated heterocycles. The largest absolute Gasteiger partial charge is 0.485 e. The number of fused-ring (bicyclic) bond motifs is 1. The van der Waals surface area contributed by atoms with Crippen LogP contribution < -0.4 is 9.47 Å². The van der Waals surface area contributed by atoms with Crippen molar-refractivity contribution in [2.75, 3.05) is 32.8 Å². The second kappa shape index (κ2) is 7.31. The first-order valence-electron chi connectivity index (χ1n) is 8.38. The minimum atomic E-state index is -3.58. The fourth-order valence-electron chi connectivity index (χ4n) is 3.06. The van der Waals surface area contributed by atoms with E-state index in [4.69, 9.17) is 21.1 Å². The molecule has 1 amide bonds. The second-order valence-electron chi connectivity index (χ2n) is 6.15. The highest BCUT2D eigenvalue weighted by molar-refractivity contribution is 7.91. The molecule has 1 atom stereocenters. The lowest BCUT2D eigenvalue weighted by atomic mass is 10.2. The number of benzene rings is 1. The third kappa shape index (κ3) is 3.64. The zero-order valence-electron chi connectivity index (χ0n) is 14.2. The minimum absolute atomic E-state index is 0.141. The Morgan fingerprint density at radius 3 is 2.44 bits per heavy atom. The van der Waals surface area contributed by atoms with Crippen LogP contribution >= 0.6 is 22.9 Å². The Hall–Kier alpha value is -1.81. The topological polar surface area (TPSA) is 76.2 Å². The summed E-state index contributed by atoms with van der Waals surface area (Å²) in [5.41, 5.74) is 0. The maximum absolute atomic E-state index is 12.7. The highest BCUT2D eigenvalue weighted by Gasteiger charge is 2.35. The first-order chi connectivity index (χ1) is 12.9. The number of hydrogen-bond acceptors (Lipinski definition) is 6. The van der Waals surface area contributed by atoms with Gasteiger partial charge in [-0.25, -0.2) is 8.42 Å². The molecule has 144 valence electrons. The van der Waals surface area contributed by atoms with E-state index in [1.54, 1.807) is 23.1 Å². The molecule has 0 aliphatic carbocycles. The van der Waals surface area contributed by atoms with Crippen molar-refractivity contribution in [2.45, 2.75) is 10.3 Å². The van der Waals surface area contributed by atoms with Crippen molar-refractivity contribution < 1.29 is 22.7 Å². The number of rotatable bonds is 3. The summed E-state index contributed by atoms with van der Waals surface area (Å²) in [5.74, 6) is 0.964. The summed E-state index contributed by atoms with van der Waals surface area (Å²) >= 11 is 6.88. The average Bonchev–Trinajstić information content (AvgIpc) is 3.14. The highest BCUT2D eigenvalue weighted by atomic mass is 35.5. The fourth-order valence-corrected chi connectivity index (χ4v) is 6.12. The molecule has 2 aliphatic rings. The molecule has 2 aromatic rings. The monoisotopic (exact) mass is 428 g/mol. The second-order valence-corrected chi connectivity index (χ2v) is 10.0. The van der Waals surface area contributed by atoms with E-state index < -0.39 is 16.1 Å². The zero-order chi connectivity index (χ0) is 19.0. The Kier molecular flexibility index (Phi) is 5.02. The van der Waals surface area contributed by atoms with Crippen LogP contribution in [0.2, 0.25) is 4.34 Å². The molecule has 1 fully saturated rings.